The highest BCUT2D eigenvalue weighted by Gasteiger charge is 2.09. The van der Waals surface area contributed by atoms with Gasteiger partial charge in [0.2, 0.25) is 0 Å². The molecule has 0 aliphatic rings. The number of hydrogen-bond donors (Lipinski definition) is 0. The second kappa shape index (κ2) is 2.52. The average molecular weight is 109 g/mol. The summed E-state index contributed by atoms with van der Waals surface area (Å²) >= 11 is 0. The van der Waals surface area contributed by atoms with Crippen LogP contribution in [0.5, 0.6) is 0 Å². The summed E-state index contributed by atoms with van der Waals surface area (Å²) in [5.41, 5.74) is -0.283. The Morgan fingerprint density at radius 1 is 1.50 bits per heavy atom. The summed E-state index contributed by atoms with van der Waals surface area (Å²) in [4.78, 5) is 0. The molecule has 0 radical (unpaired) electrons. The Labute approximate surface area is 50.6 Å². The van der Waals surface area contributed by atoms with E-state index in [1.165, 1.54) is 0 Å². The Morgan fingerprint density at radius 3 is 2.12 bits per heavy atom. The van der Waals surface area contributed by atoms with E-state index in [9.17, 15) is 0 Å². The van der Waals surface area contributed by atoms with Gasteiger partial charge in [-0.05, 0) is 20.8 Å². The summed E-state index contributed by atoms with van der Waals surface area (Å²) in [5.74, 6) is 0. The minimum atomic E-state index is -0.283. The van der Waals surface area contributed by atoms with E-state index in [4.69, 9.17) is 5.26 Å². The van der Waals surface area contributed by atoms with Crippen molar-refractivity contribution in [3.05, 3.63) is 12.2 Å². The van der Waals surface area contributed by atoms with Gasteiger partial charge in [-0.15, -0.1) is 0 Å². The van der Waals surface area contributed by atoms with Crippen LogP contribution in [0.2, 0.25) is 0 Å². The predicted molar refractivity (Wildman–Crippen MR) is 34.2 cm³/mol. The van der Waals surface area contributed by atoms with Crippen molar-refractivity contribution in [3.63, 3.8) is 0 Å². The third-order valence-electron chi connectivity index (χ3n) is 0.871. The highest BCUT2D eigenvalue weighted by Crippen LogP contribution is 2.13. The van der Waals surface area contributed by atoms with Crippen molar-refractivity contribution in [2.45, 2.75) is 20.8 Å². The molecule has 0 saturated heterocycles. The van der Waals surface area contributed by atoms with Crippen molar-refractivity contribution in [2.24, 2.45) is 5.41 Å². The fraction of sp³-hybridized carbons (Fsp3) is 0.571. The van der Waals surface area contributed by atoms with Crippen molar-refractivity contribution in [1.29, 1.82) is 5.26 Å². The van der Waals surface area contributed by atoms with E-state index < -0.39 is 0 Å². The maximum Gasteiger partial charge on any atom is 0.0725 e. The zero-order valence-corrected chi connectivity index (χ0v) is 5.60. The van der Waals surface area contributed by atoms with E-state index in [2.05, 4.69) is 6.07 Å². The van der Waals surface area contributed by atoms with Crippen LogP contribution in [0.15, 0.2) is 12.2 Å². The lowest BCUT2D eigenvalue weighted by molar-refractivity contribution is 0.643. The molecule has 0 atom stereocenters. The molecule has 0 spiro atoms. The monoisotopic (exact) mass is 109 g/mol. The largest absolute Gasteiger partial charge is 0.197 e. The Hall–Kier alpha value is -0.770. The van der Waals surface area contributed by atoms with Gasteiger partial charge in [-0.3, -0.25) is 0 Å². The van der Waals surface area contributed by atoms with Crippen LogP contribution in [0.3, 0.4) is 0 Å². The van der Waals surface area contributed by atoms with E-state index in [-0.39, 0.29) is 5.41 Å². The van der Waals surface area contributed by atoms with Gasteiger partial charge in [-0.25, -0.2) is 0 Å². The van der Waals surface area contributed by atoms with E-state index >= 15 is 0 Å². The molecule has 44 valence electrons. The van der Waals surface area contributed by atoms with Crippen LogP contribution in [0, 0.1) is 16.7 Å². The molecule has 0 unspecified atom stereocenters. The van der Waals surface area contributed by atoms with Crippen molar-refractivity contribution in [1.82, 2.24) is 0 Å². The van der Waals surface area contributed by atoms with Gasteiger partial charge in [0.25, 0.3) is 0 Å². The Morgan fingerprint density at radius 2 is 2.00 bits per heavy atom. The fourth-order valence-corrected chi connectivity index (χ4v) is 0.454. The zero-order valence-electron chi connectivity index (χ0n) is 5.60. The van der Waals surface area contributed by atoms with Gasteiger partial charge in [0.05, 0.1) is 11.5 Å². The van der Waals surface area contributed by atoms with E-state index in [1.807, 2.05) is 32.9 Å². The van der Waals surface area contributed by atoms with Gasteiger partial charge in [0, 0.05) is 0 Å². The third kappa shape index (κ3) is 2.41. The number of rotatable bonds is 1. The normalized spacial score (nSPS) is 11.8. The molecule has 0 bridgehead atoms. The summed E-state index contributed by atoms with van der Waals surface area (Å²) in [5, 5.41) is 8.42. The second-order valence-corrected chi connectivity index (χ2v) is 2.33. The molecule has 0 aromatic rings. The smallest absolute Gasteiger partial charge is 0.0725 e. The first-order valence-corrected chi connectivity index (χ1v) is 2.67. The van der Waals surface area contributed by atoms with Crippen LogP contribution in [-0.2, 0) is 0 Å². The van der Waals surface area contributed by atoms with Crippen LogP contribution < -0.4 is 0 Å². The molecule has 0 saturated carbocycles. The molecule has 1 heteroatoms. The predicted octanol–water partition coefficient (Wildman–Crippen LogP) is 2.11. The zero-order chi connectivity index (χ0) is 6.62. The third-order valence-corrected chi connectivity index (χ3v) is 0.871. The molecule has 0 aromatic heterocycles. The van der Waals surface area contributed by atoms with Gasteiger partial charge < -0.3 is 0 Å². The number of allylic oxidation sites excluding steroid dienone is 2. The SMILES string of the molecule is C/C=C/C(C)(C)C#N. The van der Waals surface area contributed by atoms with Crippen LogP contribution in [-0.4, -0.2) is 0 Å². The highest BCUT2D eigenvalue weighted by molar-refractivity contribution is 5.06. The van der Waals surface area contributed by atoms with Gasteiger partial charge in [0.1, 0.15) is 0 Å². The molecule has 0 aromatic carbocycles. The quantitative estimate of drug-likeness (QED) is 0.473. The maximum atomic E-state index is 8.42. The lowest BCUT2D eigenvalue weighted by Crippen LogP contribution is -2.01. The van der Waals surface area contributed by atoms with Crippen LogP contribution in [0.4, 0.5) is 0 Å². The molecule has 0 heterocycles. The van der Waals surface area contributed by atoms with E-state index in [1.54, 1.807) is 0 Å². The van der Waals surface area contributed by atoms with Crippen molar-refractivity contribution in [2.75, 3.05) is 0 Å². The van der Waals surface area contributed by atoms with Crippen LogP contribution in [0.1, 0.15) is 20.8 Å². The minimum Gasteiger partial charge on any atom is -0.197 e. The molecule has 0 rings (SSSR count). The van der Waals surface area contributed by atoms with Crippen molar-refractivity contribution < 1.29 is 0 Å². The molecule has 8 heavy (non-hydrogen) atoms. The van der Waals surface area contributed by atoms with Gasteiger partial charge >= 0.3 is 0 Å². The second-order valence-electron chi connectivity index (χ2n) is 2.33. The number of hydrogen-bond acceptors (Lipinski definition) is 1. The summed E-state index contributed by atoms with van der Waals surface area (Å²) in [6.45, 7) is 5.68. The standard InChI is InChI=1S/C7H11N/c1-4-5-7(2,3)6-8/h4-5H,1-3H3/b5-4+. The first kappa shape index (κ1) is 7.23. The van der Waals surface area contributed by atoms with Gasteiger partial charge in [0.15, 0.2) is 0 Å². The molecular weight excluding hydrogens is 98.1 g/mol. The number of nitrogens with zero attached hydrogens (tertiary/aromatic N) is 1. The minimum absolute atomic E-state index is 0.283. The molecule has 0 aliphatic heterocycles. The van der Waals surface area contributed by atoms with Crippen LogP contribution >= 0.6 is 0 Å². The lowest BCUT2D eigenvalue weighted by Gasteiger charge is -2.05. The summed E-state index contributed by atoms with van der Waals surface area (Å²) < 4.78 is 0. The van der Waals surface area contributed by atoms with Gasteiger partial charge in [-0.1, -0.05) is 12.2 Å². The average Bonchev–Trinajstić information content (AvgIpc) is 1.67. The number of nitriles is 1. The van der Waals surface area contributed by atoms with Gasteiger partial charge in [-0.2, -0.15) is 5.26 Å². The van der Waals surface area contributed by atoms with Crippen LogP contribution in [0.25, 0.3) is 0 Å². The van der Waals surface area contributed by atoms with Crippen molar-refractivity contribution in [3.8, 4) is 6.07 Å². The molecular formula is C7H11N. The van der Waals surface area contributed by atoms with Crippen molar-refractivity contribution >= 4 is 0 Å². The Kier molecular flexibility index (Phi) is 2.27. The summed E-state index contributed by atoms with van der Waals surface area (Å²) in [6, 6.07) is 2.16. The molecule has 0 fully saturated rings. The Balaban J connectivity index is 3.97. The lowest BCUT2D eigenvalue weighted by atomic mass is 9.96. The molecule has 0 amide bonds. The Bertz CT molecular complexity index is 126. The molecule has 0 N–H and O–H groups in total. The summed E-state index contributed by atoms with van der Waals surface area (Å²) in [7, 11) is 0. The molecule has 1 nitrogen and oxygen atoms in total. The maximum absolute atomic E-state index is 8.42. The first-order valence-electron chi connectivity index (χ1n) is 2.67. The van der Waals surface area contributed by atoms with E-state index in [0.717, 1.165) is 0 Å². The fourth-order valence-electron chi connectivity index (χ4n) is 0.454. The highest BCUT2D eigenvalue weighted by atomic mass is 14.3. The van der Waals surface area contributed by atoms with E-state index in [0.29, 0.717) is 0 Å². The first-order chi connectivity index (χ1) is 3.62. The summed E-state index contributed by atoms with van der Waals surface area (Å²) in [6.07, 6.45) is 3.77. The molecule has 0 aliphatic carbocycles. The topological polar surface area (TPSA) is 23.8 Å².